The Hall–Kier alpha value is -3.36. The second-order valence-electron chi connectivity index (χ2n) is 15.2. The zero-order valence-electron chi connectivity index (χ0n) is 27.3. The van der Waals surface area contributed by atoms with Crippen LogP contribution in [-0.4, -0.2) is 57.6 Å². The van der Waals surface area contributed by atoms with Gasteiger partial charge in [-0.25, -0.2) is 4.79 Å². The Bertz CT molecular complexity index is 1500. The summed E-state index contributed by atoms with van der Waals surface area (Å²) in [5.74, 6) is -5.55. The fourth-order valence-electron chi connectivity index (χ4n) is 9.44. The highest BCUT2D eigenvalue weighted by atomic mass is 16.6. The van der Waals surface area contributed by atoms with Gasteiger partial charge in [-0.1, -0.05) is 76.2 Å². The maximum Gasteiger partial charge on any atom is 0.338 e. The van der Waals surface area contributed by atoms with Gasteiger partial charge >= 0.3 is 11.9 Å². The molecule has 11 atom stereocenters. The van der Waals surface area contributed by atoms with Crippen molar-refractivity contribution in [1.82, 2.24) is 0 Å². The number of fused-ring (bicyclic) bond motifs is 5. The number of carbonyl (C=O) groups is 4. The van der Waals surface area contributed by atoms with E-state index in [0.29, 0.717) is 12.8 Å². The van der Waals surface area contributed by atoms with Crippen molar-refractivity contribution in [3.8, 4) is 0 Å². The van der Waals surface area contributed by atoms with Crippen molar-refractivity contribution in [2.24, 2.45) is 46.3 Å². The second-order valence-corrected chi connectivity index (χ2v) is 15.2. The van der Waals surface area contributed by atoms with Gasteiger partial charge < -0.3 is 19.7 Å². The summed E-state index contributed by atoms with van der Waals surface area (Å²) in [5.41, 5.74) is -3.41. The molecule has 246 valence electrons. The second kappa shape index (κ2) is 11.7. The highest BCUT2D eigenvalue weighted by molar-refractivity contribution is 6.40. The molecule has 0 saturated heterocycles. The Morgan fingerprint density at radius 3 is 2.20 bits per heavy atom. The molecule has 2 aromatic carbocycles. The highest BCUT2D eigenvalue weighted by Gasteiger charge is 2.73. The number of esters is 2. The molecule has 0 radical (unpaired) electrons. The fourth-order valence-corrected chi connectivity index (χ4v) is 9.44. The number of ketones is 2. The van der Waals surface area contributed by atoms with Crippen molar-refractivity contribution >= 4 is 23.5 Å². The minimum Gasteiger partial charge on any atom is -0.462 e. The van der Waals surface area contributed by atoms with E-state index in [1.165, 1.54) is 0 Å². The van der Waals surface area contributed by atoms with Crippen molar-refractivity contribution in [2.45, 2.75) is 90.6 Å². The number of hydrogen-bond acceptors (Lipinski definition) is 8. The Morgan fingerprint density at radius 2 is 1.59 bits per heavy atom. The van der Waals surface area contributed by atoms with E-state index in [4.69, 9.17) is 9.47 Å². The summed E-state index contributed by atoms with van der Waals surface area (Å²) in [4.78, 5) is 56.2. The van der Waals surface area contributed by atoms with Crippen molar-refractivity contribution in [2.75, 3.05) is 0 Å². The van der Waals surface area contributed by atoms with E-state index in [9.17, 15) is 29.4 Å². The number of rotatable bonds is 6. The van der Waals surface area contributed by atoms with E-state index < -0.39 is 81.9 Å². The molecule has 8 heteroatoms. The molecular formula is C38H46O8. The van der Waals surface area contributed by atoms with Gasteiger partial charge in [0.05, 0.1) is 23.0 Å². The number of aliphatic hydroxyl groups excluding tert-OH is 1. The molecule has 8 nitrogen and oxygen atoms in total. The van der Waals surface area contributed by atoms with Gasteiger partial charge in [0.2, 0.25) is 11.6 Å². The zero-order chi connectivity index (χ0) is 33.2. The van der Waals surface area contributed by atoms with Crippen LogP contribution in [-0.2, 0) is 30.3 Å². The maximum absolute atomic E-state index is 14.5. The molecule has 46 heavy (non-hydrogen) atoms. The first-order valence-electron chi connectivity index (χ1n) is 16.7. The Labute approximate surface area is 270 Å². The molecule has 2 aromatic rings. The largest absolute Gasteiger partial charge is 0.462 e. The third kappa shape index (κ3) is 4.94. The van der Waals surface area contributed by atoms with E-state index in [-0.39, 0.29) is 23.8 Å². The summed E-state index contributed by atoms with van der Waals surface area (Å²) >= 11 is 0. The molecule has 2 N–H and O–H groups in total. The predicted molar refractivity (Wildman–Crippen MR) is 169 cm³/mol. The number of hydrogen-bond donors (Lipinski definition) is 2. The average Bonchev–Trinajstić information content (AvgIpc) is 3.02. The van der Waals surface area contributed by atoms with E-state index in [2.05, 4.69) is 0 Å². The van der Waals surface area contributed by atoms with Crippen LogP contribution in [0.5, 0.6) is 0 Å². The molecule has 11 unspecified atom stereocenters. The van der Waals surface area contributed by atoms with Crippen LogP contribution < -0.4 is 0 Å². The van der Waals surface area contributed by atoms with Gasteiger partial charge in [-0.05, 0) is 62.1 Å². The summed E-state index contributed by atoms with van der Waals surface area (Å²) in [6.07, 6.45) is -0.997. The number of Topliss-reactive ketones (excluding diaryl/α,β-unsaturated/α-hetero) is 2. The van der Waals surface area contributed by atoms with Crippen LogP contribution in [0, 0.1) is 46.3 Å². The topological polar surface area (TPSA) is 127 Å². The van der Waals surface area contributed by atoms with E-state index >= 15 is 0 Å². The van der Waals surface area contributed by atoms with Crippen LogP contribution in [0.4, 0.5) is 0 Å². The van der Waals surface area contributed by atoms with Gasteiger partial charge in [-0.2, -0.15) is 0 Å². The lowest BCUT2D eigenvalue weighted by Gasteiger charge is -2.65. The van der Waals surface area contributed by atoms with Crippen LogP contribution in [0.1, 0.15) is 76.2 Å². The zero-order valence-corrected chi connectivity index (χ0v) is 27.3. The molecule has 4 aliphatic rings. The molecule has 6 rings (SSSR count). The lowest BCUT2D eigenvalue weighted by atomic mass is 9.41. The van der Waals surface area contributed by atoms with Crippen LogP contribution in [0.25, 0.3) is 0 Å². The number of ether oxygens (including phenoxy) is 2. The molecule has 0 aliphatic heterocycles. The van der Waals surface area contributed by atoms with Gasteiger partial charge in [0, 0.05) is 29.6 Å². The molecule has 0 heterocycles. The summed E-state index contributed by atoms with van der Waals surface area (Å²) in [6, 6.07) is 18.1. The third-order valence-corrected chi connectivity index (χ3v) is 12.5. The van der Waals surface area contributed by atoms with Gasteiger partial charge in [0.15, 0.2) is 0 Å². The first-order chi connectivity index (χ1) is 21.7. The smallest absolute Gasteiger partial charge is 0.338 e. The SMILES string of the molecule is CC(Cc1ccccc1)C(=O)OC1CC2(O)C(OC(=O)c3ccccc3)C3C4CCC4CC(O)C3(C)C(=O)C(=O)C(C1C)C2(C)C. The normalized spacial score (nSPS) is 38.6. The average molecular weight is 631 g/mol. The lowest BCUT2D eigenvalue weighted by molar-refractivity contribution is -0.271. The number of aliphatic hydroxyl groups is 2. The van der Waals surface area contributed by atoms with Crippen LogP contribution in [0.15, 0.2) is 60.7 Å². The van der Waals surface area contributed by atoms with Crippen LogP contribution in [0.2, 0.25) is 0 Å². The molecule has 0 amide bonds. The maximum atomic E-state index is 14.5. The number of benzene rings is 2. The molecule has 0 aromatic heterocycles. The Kier molecular flexibility index (Phi) is 8.29. The number of carbonyl (C=O) groups excluding carboxylic acids is 4. The highest BCUT2D eigenvalue weighted by Crippen LogP contribution is 2.64. The quantitative estimate of drug-likeness (QED) is 0.338. The van der Waals surface area contributed by atoms with Gasteiger partial charge in [-0.3, -0.25) is 14.4 Å². The Morgan fingerprint density at radius 1 is 0.957 bits per heavy atom. The Balaban J connectivity index is 1.44. The van der Waals surface area contributed by atoms with Gasteiger partial charge in [0.1, 0.15) is 17.8 Å². The molecular weight excluding hydrogens is 584 g/mol. The predicted octanol–water partition coefficient (Wildman–Crippen LogP) is 4.98. The van der Waals surface area contributed by atoms with Crippen LogP contribution in [0.3, 0.4) is 0 Å². The molecule has 4 aliphatic carbocycles. The first-order valence-corrected chi connectivity index (χ1v) is 16.7. The van der Waals surface area contributed by atoms with Crippen LogP contribution >= 0.6 is 0 Å². The molecule has 2 bridgehead atoms. The van der Waals surface area contributed by atoms with Crippen molar-refractivity contribution in [1.29, 1.82) is 0 Å². The molecule has 4 saturated carbocycles. The van der Waals surface area contributed by atoms with Crippen molar-refractivity contribution in [3.63, 3.8) is 0 Å². The third-order valence-electron chi connectivity index (χ3n) is 12.5. The molecule has 4 fully saturated rings. The first kappa shape index (κ1) is 32.6. The van der Waals surface area contributed by atoms with E-state index in [0.717, 1.165) is 18.4 Å². The van der Waals surface area contributed by atoms with E-state index in [1.807, 2.05) is 30.3 Å². The summed E-state index contributed by atoms with van der Waals surface area (Å²) in [7, 11) is 0. The van der Waals surface area contributed by atoms with Crippen molar-refractivity contribution in [3.05, 3.63) is 71.8 Å². The monoisotopic (exact) mass is 630 g/mol. The van der Waals surface area contributed by atoms with Gasteiger partial charge in [0.25, 0.3) is 0 Å². The molecule has 0 spiro atoms. The lowest BCUT2D eigenvalue weighted by Crippen LogP contribution is -2.75. The minimum absolute atomic E-state index is 0.0748. The summed E-state index contributed by atoms with van der Waals surface area (Å²) < 4.78 is 12.5. The summed E-state index contributed by atoms with van der Waals surface area (Å²) in [5, 5.41) is 24.7. The fraction of sp³-hybridized carbons (Fsp3) is 0.579. The van der Waals surface area contributed by atoms with Crippen molar-refractivity contribution < 1.29 is 38.9 Å². The minimum atomic E-state index is -1.87. The standard InChI is InChI=1S/C38H46O8/c1-21(18-23-12-8-6-9-13-23)34(42)45-27-20-38(44)33(46-35(43)24-14-10-7-11-15-24)30-26-17-16-25(26)19-28(39)37(30,5)32(41)31(40)29(22(27)2)36(38,3)4/h6-15,21-22,25-30,33,39,44H,16-20H2,1-5H3. The summed E-state index contributed by atoms with van der Waals surface area (Å²) in [6.45, 7) is 8.68. The van der Waals surface area contributed by atoms with Gasteiger partial charge in [-0.15, -0.1) is 0 Å². The van der Waals surface area contributed by atoms with E-state index in [1.54, 1.807) is 65.0 Å².